The number of nitrogens with zero attached hydrogens (tertiary/aromatic N) is 1. The molecule has 2 N–H and O–H groups in total. The van der Waals surface area contributed by atoms with E-state index >= 15 is 0 Å². The summed E-state index contributed by atoms with van der Waals surface area (Å²) in [4.78, 5) is 7.34. The van der Waals surface area contributed by atoms with Crippen molar-refractivity contribution >= 4 is 0 Å². The molecule has 1 aromatic heterocycles. The monoisotopic (exact) mass is 267 g/mol. The van der Waals surface area contributed by atoms with Gasteiger partial charge in [-0.15, -0.1) is 0 Å². The Labute approximate surface area is 109 Å². The highest BCUT2D eigenvalue weighted by molar-refractivity contribution is 5.60. The van der Waals surface area contributed by atoms with Gasteiger partial charge in [0.1, 0.15) is 11.6 Å². The molecular formula is C13H15F2N3O. The highest BCUT2D eigenvalue weighted by atomic mass is 19.3. The number of aromatic nitrogens is 2. The second-order valence-corrected chi connectivity index (χ2v) is 3.93. The Balaban J connectivity index is 2.14. The fourth-order valence-electron chi connectivity index (χ4n) is 1.68. The number of hydrogen-bond acceptors (Lipinski definition) is 3. The van der Waals surface area contributed by atoms with Gasteiger partial charge in [-0.1, -0.05) is 19.1 Å². The predicted molar refractivity (Wildman–Crippen MR) is 68.0 cm³/mol. The number of nitrogens with one attached hydrogen (secondary N) is 2. The van der Waals surface area contributed by atoms with Crippen LogP contribution in [0.1, 0.15) is 12.7 Å². The second kappa shape index (κ2) is 6.29. The van der Waals surface area contributed by atoms with Crippen LogP contribution in [0.15, 0.2) is 30.5 Å². The van der Waals surface area contributed by atoms with Gasteiger partial charge in [0.15, 0.2) is 0 Å². The minimum Gasteiger partial charge on any atom is -0.435 e. The number of rotatable bonds is 6. The lowest BCUT2D eigenvalue weighted by Gasteiger charge is -2.05. The zero-order chi connectivity index (χ0) is 13.7. The van der Waals surface area contributed by atoms with Crippen molar-refractivity contribution in [2.45, 2.75) is 20.1 Å². The van der Waals surface area contributed by atoms with Crippen molar-refractivity contribution in [2.24, 2.45) is 0 Å². The number of halogens is 2. The average molecular weight is 267 g/mol. The Bertz CT molecular complexity index is 528. The summed E-state index contributed by atoms with van der Waals surface area (Å²) in [5.74, 6) is 0.937. The van der Waals surface area contributed by atoms with Crippen LogP contribution in [-0.2, 0) is 6.54 Å². The molecule has 0 amide bonds. The molecule has 0 atom stereocenters. The van der Waals surface area contributed by atoms with Crippen molar-refractivity contribution in [2.75, 3.05) is 6.54 Å². The Morgan fingerprint density at radius 2 is 2.26 bits per heavy atom. The molecule has 0 unspecified atom stereocenters. The third kappa shape index (κ3) is 3.75. The first-order valence-corrected chi connectivity index (χ1v) is 5.99. The first-order chi connectivity index (χ1) is 9.19. The summed E-state index contributed by atoms with van der Waals surface area (Å²) in [6.45, 7) is 0.688. The maximum Gasteiger partial charge on any atom is 0.387 e. The molecule has 1 heterocycles. The molecular weight excluding hydrogens is 252 g/mol. The number of imidazole rings is 1. The number of ether oxygens (including phenoxy) is 1. The van der Waals surface area contributed by atoms with Crippen molar-refractivity contribution in [3.63, 3.8) is 0 Å². The first kappa shape index (κ1) is 13.5. The molecule has 1 aromatic carbocycles. The lowest BCUT2D eigenvalue weighted by atomic mass is 10.1. The van der Waals surface area contributed by atoms with Crippen LogP contribution in [0.4, 0.5) is 8.78 Å². The summed E-state index contributed by atoms with van der Waals surface area (Å²) < 4.78 is 28.7. The SMILES string of the molecule is CCNCc1ncc(-c2cccc(OC(F)F)c2)[nH]1. The largest absolute Gasteiger partial charge is 0.435 e. The minimum atomic E-state index is -2.82. The fourth-order valence-corrected chi connectivity index (χ4v) is 1.68. The normalized spacial score (nSPS) is 10.9. The quantitative estimate of drug-likeness (QED) is 0.846. The molecule has 6 heteroatoms. The summed E-state index contributed by atoms with van der Waals surface area (Å²) in [6.07, 6.45) is 1.67. The topological polar surface area (TPSA) is 49.9 Å². The average Bonchev–Trinajstić information content (AvgIpc) is 2.84. The van der Waals surface area contributed by atoms with Crippen molar-refractivity contribution < 1.29 is 13.5 Å². The summed E-state index contributed by atoms with van der Waals surface area (Å²) in [7, 11) is 0. The van der Waals surface area contributed by atoms with E-state index in [9.17, 15) is 8.78 Å². The third-order valence-electron chi connectivity index (χ3n) is 2.54. The van der Waals surface area contributed by atoms with E-state index in [0.717, 1.165) is 23.6 Å². The van der Waals surface area contributed by atoms with Crippen molar-refractivity contribution in [3.8, 4) is 17.0 Å². The van der Waals surface area contributed by atoms with Crippen LogP contribution < -0.4 is 10.1 Å². The molecule has 0 bridgehead atoms. The highest BCUT2D eigenvalue weighted by Gasteiger charge is 2.07. The maximum absolute atomic E-state index is 12.1. The molecule has 0 saturated carbocycles. The molecule has 0 radical (unpaired) electrons. The van der Waals surface area contributed by atoms with Gasteiger partial charge in [-0.3, -0.25) is 0 Å². The lowest BCUT2D eigenvalue weighted by molar-refractivity contribution is -0.0498. The van der Waals surface area contributed by atoms with Crippen LogP contribution in [0.2, 0.25) is 0 Å². The molecule has 0 aliphatic carbocycles. The minimum absolute atomic E-state index is 0.135. The van der Waals surface area contributed by atoms with Gasteiger partial charge < -0.3 is 15.0 Å². The van der Waals surface area contributed by atoms with Crippen LogP contribution in [-0.4, -0.2) is 23.1 Å². The van der Waals surface area contributed by atoms with Gasteiger partial charge in [-0.2, -0.15) is 8.78 Å². The van der Waals surface area contributed by atoms with E-state index in [-0.39, 0.29) is 5.75 Å². The second-order valence-electron chi connectivity index (χ2n) is 3.93. The van der Waals surface area contributed by atoms with Crippen LogP contribution in [0, 0.1) is 0 Å². The molecule has 0 fully saturated rings. The van der Waals surface area contributed by atoms with Gasteiger partial charge >= 0.3 is 6.61 Å². The van der Waals surface area contributed by atoms with E-state index in [1.54, 1.807) is 18.3 Å². The Morgan fingerprint density at radius 1 is 1.42 bits per heavy atom. The molecule has 0 aliphatic heterocycles. The Hall–Kier alpha value is -1.95. The number of alkyl halides is 2. The van der Waals surface area contributed by atoms with Crippen LogP contribution in [0.3, 0.4) is 0 Å². The molecule has 102 valence electrons. The van der Waals surface area contributed by atoms with E-state index in [1.807, 2.05) is 13.0 Å². The standard InChI is InChI=1S/C13H15F2N3O/c1-2-16-8-12-17-7-11(18-12)9-4-3-5-10(6-9)19-13(14)15/h3-7,13,16H,2,8H2,1H3,(H,17,18). The lowest BCUT2D eigenvalue weighted by Crippen LogP contribution is -2.12. The molecule has 4 nitrogen and oxygen atoms in total. The number of H-pyrrole nitrogens is 1. The number of hydrogen-bond donors (Lipinski definition) is 2. The summed E-state index contributed by atoms with van der Waals surface area (Å²) in [6, 6.07) is 6.52. The van der Waals surface area contributed by atoms with E-state index < -0.39 is 6.61 Å². The molecule has 19 heavy (non-hydrogen) atoms. The zero-order valence-electron chi connectivity index (χ0n) is 10.5. The highest BCUT2D eigenvalue weighted by Crippen LogP contribution is 2.23. The van der Waals surface area contributed by atoms with Crippen molar-refractivity contribution in [1.82, 2.24) is 15.3 Å². The molecule has 2 rings (SSSR count). The third-order valence-corrected chi connectivity index (χ3v) is 2.54. The van der Waals surface area contributed by atoms with Crippen LogP contribution >= 0.6 is 0 Å². The van der Waals surface area contributed by atoms with Gasteiger partial charge in [0.25, 0.3) is 0 Å². The number of aromatic amines is 1. The van der Waals surface area contributed by atoms with Gasteiger partial charge in [-0.25, -0.2) is 4.98 Å². The zero-order valence-corrected chi connectivity index (χ0v) is 10.5. The van der Waals surface area contributed by atoms with Gasteiger partial charge in [0.05, 0.1) is 18.4 Å². The first-order valence-electron chi connectivity index (χ1n) is 5.99. The Morgan fingerprint density at radius 3 is 3.00 bits per heavy atom. The Kier molecular flexibility index (Phi) is 4.46. The van der Waals surface area contributed by atoms with Gasteiger partial charge in [-0.05, 0) is 18.7 Å². The van der Waals surface area contributed by atoms with E-state index in [0.29, 0.717) is 6.54 Å². The van der Waals surface area contributed by atoms with Crippen molar-refractivity contribution in [3.05, 3.63) is 36.3 Å². The van der Waals surface area contributed by atoms with Crippen LogP contribution in [0.5, 0.6) is 5.75 Å². The summed E-state index contributed by atoms with van der Waals surface area (Å²) in [5, 5.41) is 3.15. The molecule has 0 aliphatic rings. The molecule has 0 spiro atoms. The van der Waals surface area contributed by atoms with Crippen LogP contribution in [0.25, 0.3) is 11.3 Å². The van der Waals surface area contributed by atoms with Gasteiger partial charge in [0, 0.05) is 5.56 Å². The van der Waals surface area contributed by atoms with E-state index in [1.165, 1.54) is 6.07 Å². The maximum atomic E-state index is 12.1. The number of benzene rings is 1. The van der Waals surface area contributed by atoms with E-state index in [4.69, 9.17) is 0 Å². The van der Waals surface area contributed by atoms with E-state index in [2.05, 4.69) is 20.0 Å². The van der Waals surface area contributed by atoms with Gasteiger partial charge in [0.2, 0.25) is 0 Å². The summed E-state index contributed by atoms with van der Waals surface area (Å²) in [5.41, 5.74) is 1.53. The summed E-state index contributed by atoms with van der Waals surface area (Å²) >= 11 is 0. The fraction of sp³-hybridized carbons (Fsp3) is 0.308. The molecule has 2 aromatic rings. The smallest absolute Gasteiger partial charge is 0.387 e. The predicted octanol–water partition coefficient (Wildman–Crippen LogP) is 2.79. The molecule has 0 saturated heterocycles. The van der Waals surface area contributed by atoms with Crippen molar-refractivity contribution in [1.29, 1.82) is 0 Å².